The highest BCUT2D eigenvalue weighted by Crippen LogP contribution is 2.37. The van der Waals surface area contributed by atoms with Crippen LogP contribution in [0.25, 0.3) is 0 Å². The summed E-state index contributed by atoms with van der Waals surface area (Å²) in [5, 5.41) is 0. The molecule has 15 heavy (non-hydrogen) atoms. The summed E-state index contributed by atoms with van der Waals surface area (Å²) in [5.41, 5.74) is 1.48. The normalized spacial score (nSPS) is 23.4. The Labute approximate surface area is 89.2 Å². The lowest BCUT2D eigenvalue weighted by atomic mass is 10.0. The molecule has 1 aliphatic heterocycles. The molecule has 2 rings (SSSR count). The number of sulfonamides is 1. The summed E-state index contributed by atoms with van der Waals surface area (Å²) in [5.74, 6) is 0. The third-order valence-electron chi connectivity index (χ3n) is 2.81. The topological polar surface area (TPSA) is 63.2 Å². The maximum absolute atomic E-state index is 12.1. The summed E-state index contributed by atoms with van der Waals surface area (Å²) in [6, 6.07) is 0. The molecule has 6 heteroatoms. The van der Waals surface area contributed by atoms with Gasteiger partial charge in [-0.25, -0.2) is 18.4 Å². The number of fused-ring (bicyclic) bond motifs is 1. The van der Waals surface area contributed by atoms with Gasteiger partial charge in [-0.1, -0.05) is 0 Å². The van der Waals surface area contributed by atoms with Crippen LogP contribution < -0.4 is 0 Å². The van der Waals surface area contributed by atoms with Crippen molar-refractivity contribution < 1.29 is 8.42 Å². The van der Waals surface area contributed by atoms with Crippen molar-refractivity contribution >= 4 is 10.0 Å². The molecule has 2 heterocycles. The molecule has 0 saturated heterocycles. The van der Waals surface area contributed by atoms with Gasteiger partial charge in [0.05, 0.1) is 5.69 Å². The van der Waals surface area contributed by atoms with E-state index in [0.717, 1.165) is 5.56 Å². The van der Waals surface area contributed by atoms with Crippen LogP contribution in [0.1, 0.15) is 25.1 Å². The average Bonchev–Trinajstić information content (AvgIpc) is 2.16. The van der Waals surface area contributed by atoms with Crippen molar-refractivity contribution in [2.45, 2.75) is 25.1 Å². The maximum atomic E-state index is 12.1. The van der Waals surface area contributed by atoms with Gasteiger partial charge in [-0.05, 0) is 13.8 Å². The highest BCUT2D eigenvalue weighted by atomic mass is 32.2. The summed E-state index contributed by atoms with van der Waals surface area (Å²) in [7, 11) is -1.73. The van der Waals surface area contributed by atoms with Crippen molar-refractivity contribution in [3.05, 3.63) is 23.8 Å². The molecule has 0 radical (unpaired) electrons. The van der Waals surface area contributed by atoms with E-state index in [9.17, 15) is 8.42 Å². The number of aromatic nitrogens is 2. The predicted molar refractivity (Wildman–Crippen MR) is 55.4 cm³/mol. The summed E-state index contributed by atoms with van der Waals surface area (Å²) < 4.78 is 24.5. The fourth-order valence-corrected chi connectivity index (χ4v) is 3.37. The molecular weight excluding hydrogens is 214 g/mol. The molecule has 1 aromatic heterocycles. The molecule has 0 saturated carbocycles. The first kappa shape index (κ1) is 10.5. The summed E-state index contributed by atoms with van der Waals surface area (Å²) in [6.45, 7) is 3.69. The van der Waals surface area contributed by atoms with E-state index in [1.807, 2.05) is 0 Å². The van der Waals surface area contributed by atoms with Crippen LogP contribution in [-0.4, -0.2) is 29.7 Å². The largest absolute Gasteiger partial charge is 0.244 e. The van der Waals surface area contributed by atoms with Crippen molar-refractivity contribution in [1.82, 2.24) is 14.3 Å². The monoisotopic (exact) mass is 227 g/mol. The standard InChI is InChI=1S/C9H13N3O2S/c1-9(2)8-7(4-10-6-11-8)5-12(3)15(9,13)14/h4,6H,5H2,1-3H3. The molecule has 0 N–H and O–H groups in total. The smallest absolute Gasteiger partial charge is 0.225 e. The molecule has 0 bridgehead atoms. The van der Waals surface area contributed by atoms with Crippen molar-refractivity contribution in [2.75, 3.05) is 7.05 Å². The fraction of sp³-hybridized carbons (Fsp3) is 0.556. The molecule has 1 aliphatic rings. The molecule has 1 aromatic rings. The Morgan fingerprint density at radius 1 is 1.47 bits per heavy atom. The number of hydrogen-bond acceptors (Lipinski definition) is 4. The van der Waals surface area contributed by atoms with Gasteiger partial charge in [-0.2, -0.15) is 4.31 Å². The second-order valence-corrected chi connectivity index (χ2v) is 6.76. The summed E-state index contributed by atoms with van der Waals surface area (Å²) in [6.07, 6.45) is 3.07. The molecule has 82 valence electrons. The molecule has 0 unspecified atom stereocenters. The molecular formula is C9H13N3O2S. The molecule has 5 nitrogen and oxygen atoms in total. The molecule has 0 aliphatic carbocycles. The lowest BCUT2D eigenvalue weighted by Crippen LogP contribution is -2.46. The van der Waals surface area contributed by atoms with Crippen LogP contribution in [0.3, 0.4) is 0 Å². The van der Waals surface area contributed by atoms with E-state index in [-0.39, 0.29) is 0 Å². The Bertz CT molecular complexity index is 496. The van der Waals surface area contributed by atoms with E-state index in [1.54, 1.807) is 27.1 Å². The van der Waals surface area contributed by atoms with Crippen molar-refractivity contribution in [2.24, 2.45) is 0 Å². The van der Waals surface area contributed by atoms with E-state index in [2.05, 4.69) is 9.97 Å². The zero-order valence-corrected chi connectivity index (χ0v) is 9.74. The Hall–Kier alpha value is -1.01. The molecule has 0 spiro atoms. The second kappa shape index (κ2) is 2.99. The summed E-state index contributed by atoms with van der Waals surface area (Å²) >= 11 is 0. The van der Waals surface area contributed by atoms with Gasteiger partial charge in [0.1, 0.15) is 11.1 Å². The Kier molecular flexibility index (Phi) is 2.09. The van der Waals surface area contributed by atoms with Crippen LogP contribution in [0.15, 0.2) is 12.5 Å². The van der Waals surface area contributed by atoms with Crippen LogP contribution in [0, 0.1) is 0 Å². The zero-order chi connectivity index (χ0) is 11.3. The van der Waals surface area contributed by atoms with Gasteiger partial charge >= 0.3 is 0 Å². The minimum Gasteiger partial charge on any atom is -0.244 e. The van der Waals surface area contributed by atoms with Crippen molar-refractivity contribution in [3.63, 3.8) is 0 Å². The highest BCUT2D eigenvalue weighted by Gasteiger charge is 2.45. The van der Waals surface area contributed by atoms with Gasteiger partial charge in [-0.3, -0.25) is 0 Å². The van der Waals surface area contributed by atoms with Gasteiger partial charge < -0.3 is 0 Å². The van der Waals surface area contributed by atoms with E-state index in [0.29, 0.717) is 12.2 Å². The average molecular weight is 227 g/mol. The predicted octanol–water partition coefficient (Wildman–Crippen LogP) is 0.487. The minimum atomic E-state index is -3.31. The first-order valence-corrected chi connectivity index (χ1v) is 6.06. The SMILES string of the molecule is CN1Cc2cncnc2C(C)(C)S1(=O)=O. The molecule has 0 fully saturated rings. The number of hydrogen-bond donors (Lipinski definition) is 0. The maximum Gasteiger partial charge on any atom is 0.225 e. The van der Waals surface area contributed by atoms with Gasteiger partial charge in [0.15, 0.2) is 0 Å². The van der Waals surface area contributed by atoms with Crippen LogP contribution >= 0.6 is 0 Å². The first-order valence-electron chi connectivity index (χ1n) is 4.62. The van der Waals surface area contributed by atoms with Gasteiger partial charge in [0, 0.05) is 25.4 Å². The third-order valence-corrected chi connectivity index (χ3v) is 5.24. The Morgan fingerprint density at radius 2 is 2.13 bits per heavy atom. The van der Waals surface area contributed by atoms with Crippen LogP contribution in [0.5, 0.6) is 0 Å². The lowest BCUT2D eigenvalue weighted by Gasteiger charge is -2.35. The van der Waals surface area contributed by atoms with E-state index in [1.165, 1.54) is 10.6 Å². The Balaban J connectivity index is 2.72. The number of nitrogens with zero attached hydrogens (tertiary/aromatic N) is 3. The van der Waals surface area contributed by atoms with Crippen LogP contribution in [0.4, 0.5) is 0 Å². The first-order chi connectivity index (χ1) is 6.87. The zero-order valence-electron chi connectivity index (χ0n) is 8.93. The van der Waals surface area contributed by atoms with Gasteiger partial charge in [0.25, 0.3) is 0 Å². The Morgan fingerprint density at radius 3 is 2.80 bits per heavy atom. The van der Waals surface area contributed by atoms with Crippen molar-refractivity contribution in [1.29, 1.82) is 0 Å². The van der Waals surface area contributed by atoms with E-state index in [4.69, 9.17) is 0 Å². The molecule has 0 aromatic carbocycles. The quantitative estimate of drug-likeness (QED) is 0.647. The lowest BCUT2D eigenvalue weighted by molar-refractivity contribution is 0.411. The third kappa shape index (κ3) is 1.28. The molecule has 0 atom stereocenters. The van der Waals surface area contributed by atoms with E-state index >= 15 is 0 Å². The van der Waals surface area contributed by atoms with Gasteiger partial charge in [0.2, 0.25) is 10.0 Å². The van der Waals surface area contributed by atoms with Gasteiger partial charge in [-0.15, -0.1) is 0 Å². The summed E-state index contributed by atoms with van der Waals surface area (Å²) in [4.78, 5) is 8.00. The second-order valence-electron chi connectivity index (χ2n) is 4.17. The van der Waals surface area contributed by atoms with E-state index < -0.39 is 14.8 Å². The fourth-order valence-electron chi connectivity index (χ4n) is 1.85. The van der Waals surface area contributed by atoms with Crippen LogP contribution in [-0.2, 0) is 21.3 Å². The molecule has 0 amide bonds. The van der Waals surface area contributed by atoms with Crippen molar-refractivity contribution in [3.8, 4) is 0 Å². The number of rotatable bonds is 0. The highest BCUT2D eigenvalue weighted by molar-refractivity contribution is 7.90. The minimum absolute atomic E-state index is 0.349. The van der Waals surface area contributed by atoms with Crippen LogP contribution in [0.2, 0.25) is 0 Å².